The summed E-state index contributed by atoms with van der Waals surface area (Å²) in [4.78, 5) is 18.7. The van der Waals surface area contributed by atoms with Crippen LogP contribution in [-0.2, 0) is 0 Å². The Kier molecular flexibility index (Phi) is 7.00. The molecular weight excluding hydrogens is 633 g/mol. The molecule has 52 heavy (non-hydrogen) atoms. The zero-order valence-corrected chi connectivity index (χ0v) is 28.6. The van der Waals surface area contributed by atoms with Crippen LogP contribution in [0.1, 0.15) is 51.8 Å². The van der Waals surface area contributed by atoms with Crippen LogP contribution in [0.15, 0.2) is 174 Å². The Morgan fingerprint density at radius 3 is 1.62 bits per heavy atom. The fourth-order valence-electron chi connectivity index (χ4n) is 7.83. The van der Waals surface area contributed by atoms with Gasteiger partial charge in [-0.1, -0.05) is 133 Å². The Morgan fingerprint density at radius 2 is 1.00 bits per heavy atom. The summed E-state index contributed by atoms with van der Waals surface area (Å²) in [6.07, 6.45) is 8.91. The van der Waals surface area contributed by atoms with Crippen LogP contribution in [0.25, 0.3) is 34.4 Å². The SMILES string of the molecule is CC1=Cc2c3[nH]c(c2=C1)=C(c1ccccc1)c1ccc([n-]1)C(c1ccccc1)=c1ccc([nH]1)=C(c1ccccc1)C1=NC(=C3c2ccccc2)C=C1. The second-order valence-electron chi connectivity index (χ2n) is 13.4. The van der Waals surface area contributed by atoms with E-state index in [9.17, 15) is 0 Å². The second-order valence-corrected chi connectivity index (χ2v) is 13.4. The van der Waals surface area contributed by atoms with E-state index >= 15 is 0 Å². The molecule has 0 fully saturated rings. The lowest BCUT2D eigenvalue weighted by atomic mass is 9.97. The number of aromatic amines is 2. The normalized spacial score (nSPS) is 14.8. The summed E-state index contributed by atoms with van der Waals surface area (Å²) in [7, 11) is 0. The number of nitrogens with one attached hydrogen (secondary N) is 2. The highest BCUT2D eigenvalue weighted by atomic mass is 14.8. The Hall–Kier alpha value is -6.91. The molecule has 8 bridgehead atoms. The van der Waals surface area contributed by atoms with E-state index in [-0.39, 0.29) is 0 Å². The molecule has 1 aliphatic carbocycles. The number of hydrogen-bond donors (Lipinski definition) is 2. The van der Waals surface area contributed by atoms with Crippen molar-refractivity contribution in [1.82, 2.24) is 15.0 Å². The van der Waals surface area contributed by atoms with E-state index in [0.717, 1.165) is 99.9 Å². The predicted octanol–water partition coefficient (Wildman–Crippen LogP) is 6.97. The molecule has 4 heteroatoms. The van der Waals surface area contributed by atoms with Crippen LogP contribution >= 0.6 is 0 Å². The highest BCUT2D eigenvalue weighted by Crippen LogP contribution is 2.34. The van der Waals surface area contributed by atoms with Crippen molar-refractivity contribution in [3.63, 3.8) is 0 Å². The molecule has 4 aromatic carbocycles. The van der Waals surface area contributed by atoms with Gasteiger partial charge in [-0.3, -0.25) is 0 Å². The minimum absolute atomic E-state index is 0.906. The molecule has 4 nitrogen and oxygen atoms in total. The molecule has 246 valence electrons. The zero-order valence-electron chi connectivity index (χ0n) is 28.6. The van der Waals surface area contributed by atoms with Gasteiger partial charge in [0.15, 0.2) is 0 Å². The maximum absolute atomic E-state index is 5.46. The van der Waals surface area contributed by atoms with Gasteiger partial charge in [-0.05, 0) is 82.3 Å². The van der Waals surface area contributed by atoms with E-state index < -0.39 is 0 Å². The summed E-state index contributed by atoms with van der Waals surface area (Å²) in [5, 5.41) is 4.19. The molecule has 5 heterocycles. The minimum atomic E-state index is 0.906. The second kappa shape index (κ2) is 12.1. The van der Waals surface area contributed by atoms with E-state index in [1.54, 1.807) is 0 Å². The standard InChI is InChI=1S/C48H33N4/c1-30-28-35-36(29-30)48-46(34-20-12-5-13-21-34)42-27-25-40(51-42)44(32-16-8-3-9-17-32)38-23-22-37(49-38)43(31-14-6-2-7-15-31)39-24-26-41(50-39)45(47(35)52-48)33-18-10-4-11-19-33/h2-29,49,52H,1H3/q-1. The summed E-state index contributed by atoms with van der Waals surface area (Å²) in [6.45, 7) is 2.17. The molecule has 0 spiro atoms. The topological polar surface area (TPSA) is 58.0 Å². The monoisotopic (exact) mass is 665 g/mol. The van der Waals surface area contributed by atoms with E-state index in [1.807, 2.05) is 0 Å². The molecular formula is C48H33N4-. The molecule has 2 N–H and O–H groups in total. The molecule has 0 radical (unpaired) electrons. The first-order valence-corrected chi connectivity index (χ1v) is 17.7. The van der Waals surface area contributed by atoms with Gasteiger partial charge in [-0.25, -0.2) is 4.99 Å². The molecule has 3 aliphatic rings. The van der Waals surface area contributed by atoms with Gasteiger partial charge < -0.3 is 15.0 Å². The van der Waals surface area contributed by atoms with Crippen molar-refractivity contribution >= 4 is 40.2 Å². The lowest BCUT2D eigenvalue weighted by Crippen LogP contribution is -2.27. The maximum atomic E-state index is 5.46. The van der Waals surface area contributed by atoms with E-state index in [4.69, 9.17) is 9.98 Å². The smallest absolute Gasteiger partial charge is 0.0737 e. The molecule has 0 unspecified atom stereocenters. The van der Waals surface area contributed by atoms with Crippen molar-refractivity contribution in [3.8, 4) is 0 Å². The lowest BCUT2D eigenvalue weighted by molar-refractivity contribution is 1.19. The molecule has 2 aliphatic heterocycles. The van der Waals surface area contributed by atoms with Gasteiger partial charge in [0, 0.05) is 32.6 Å². The number of H-pyrrole nitrogens is 2. The van der Waals surface area contributed by atoms with E-state index in [0.29, 0.717) is 0 Å². The first-order valence-electron chi connectivity index (χ1n) is 17.7. The number of aromatic nitrogens is 3. The molecule has 7 aromatic rings. The van der Waals surface area contributed by atoms with Gasteiger partial charge in [0.05, 0.1) is 22.5 Å². The summed E-state index contributed by atoms with van der Waals surface area (Å²) >= 11 is 0. The quantitative estimate of drug-likeness (QED) is 0.210. The number of allylic oxidation sites excluding steroid dienone is 3. The molecule has 3 aromatic heterocycles. The number of nitrogens with zero attached hydrogens (tertiary/aromatic N) is 2. The van der Waals surface area contributed by atoms with Gasteiger partial charge in [0.2, 0.25) is 0 Å². The summed E-state index contributed by atoms with van der Waals surface area (Å²) in [5.74, 6) is 0. The van der Waals surface area contributed by atoms with Crippen LogP contribution in [0.4, 0.5) is 0 Å². The largest absolute Gasteiger partial charge is 0.657 e. The molecule has 0 amide bonds. The predicted molar refractivity (Wildman–Crippen MR) is 212 cm³/mol. The number of rotatable bonds is 4. The summed E-state index contributed by atoms with van der Waals surface area (Å²) in [5.41, 5.74) is 15.6. The van der Waals surface area contributed by atoms with E-state index in [2.05, 4.69) is 187 Å². The summed E-state index contributed by atoms with van der Waals surface area (Å²) in [6, 6.07) is 51.0. The zero-order chi connectivity index (χ0) is 34.6. The van der Waals surface area contributed by atoms with Crippen molar-refractivity contribution in [2.45, 2.75) is 6.92 Å². The highest BCUT2D eigenvalue weighted by Gasteiger charge is 2.24. The van der Waals surface area contributed by atoms with Gasteiger partial charge in [-0.2, -0.15) is 0 Å². The number of hydrogen-bond acceptors (Lipinski definition) is 1. The Labute approximate surface area is 301 Å². The van der Waals surface area contributed by atoms with Crippen LogP contribution < -0.4 is 26.3 Å². The fraction of sp³-hybridized carbons (Fsp3) is 0.0208. The van der Waals surface area contributed by atoms with Crippen LogP contribution in [0.5, 0.6) is 0 Å². The lowest BCUT2D eigenvalue weighted by Gasteiger charge is -2.17. The Morgan fingerprint density at radius 1 is 0.481 bits per heavy atom. The first-order chi connectivity index (χ1) is 25.7. The molecule has 0 atom stereocenters. The average Bonchev–Trinajstić information content (AvgIpc) is 4.04. The van der Waals surface area contributed by atoms with Crippen molar-refractivity contribution in [3.05, 3.63) is 235 Å². The molecule has 0 saturated heterocycles. The minimum Gasteiger partial charge on any atom is -0.657 e. The van der Waals surface area contributed by atoms with Crippen LogP contribution in [0.2, 0.25) is 0 Å². The van der Waals surface area contributed by atoms with Crippen molar-refractivity contribution in [1.29, 1.82) is 0 Å². The van der Waals surface area contributed by atoms with Crippen LogP contribution in [0.3, 0.4) is 0 Å². The van der Waals surface area contributed by atoms with Crippen LogP contribution in [0, 0.1) is 0 Å². The van der Waals surface area contributed by atoms with Crippen molar-refractivity contribution in [2.24, 2.45) is 4.99 Å². The molecule has 10 rings (SSSR count). The van der Waals surface area contributed by atoms with Crippen molar-refractivity contribution < 1.29 is 0 Å². The fourth-order valence-corrected chi connectivity index (χ4v) is 7.83. The van der Waals surface area contributed by atoms with Gasteiger partial charge >= 0.3 is 0 Å². The number of aliphatic imine (C=N–C) groups is 1. The third kappa shape index (κ3) is 4.96. The number of fused-ring (bicyclic) bond motifs is 10. The first kappa shape index (κ1) is 30.0. The Balaban J connectivity index is 1.40. The summed E-state index contributed by atoms with van der Waals surface area (Å²) < 4.78 is 0. The third-order valence-electron chi connectivity index (χ3n) is 10.1. The highest BCUT2D eigenvalue weighted by molar-refractivity contribution is 6.30. The van der Waals surface area contributed by atoms with Gasteiger partial charge in [-0.15, -0.1) is 11.4 Å². The third-order valence-corrected chi connectivity index (χ3v) is 10.1. The van der Waals surface area contributed by atoms with Gasteiger partial charge in [0.25, 0.3) is 0 Å². The Bertz CT molecular complexity index is 2910. The van der Waals surface area contributed by atoms with E-state index in [1.165, 1.54) is 5.57 Å². The molecule has 0 saturated carbocycles. The van der Waals surface area contributed by atoms with Crippen LogP contribution in [-0.4, -0.2) is 15.7 Å². The average molecular weight is 666 g/mol. The maximum Gasteiger partial charge on any atom is 0.0737 e. The van der Waals surface area contributed by atoms with Gasteiger partial charge in [0.1, 0.15) is 0 Å². The number of benzene rings is 4. The van der Waals surface area contributed by atoms with Crippen molar-refractivity contribution in [2.75, 3.05) is 0 Å².